The maximum absolute atomic E-state index is 12.6. The molecule has 0 radical (unpaired) electrons. The number of rotatable bonds is 3. The fourth-order valence-electron chi connectivity index (χ4n) is 3.02. The number of nitrogens with zero attached hydrogens (tertiary/aromatic N) is 2. The summed E-state index contributed by atoms with van der Waals surface area (Å²) in [5.74, 6) is -0.432. The monoisotopic (exact) mass is 366 g/mol. The van der Waals surface area contributed by atoms with Crippen molar-refractivity contribution in [2.24, 2.45) is 5.73 Å². The summed E-state index contributed by atoms with van der Waals surface area (Å²) in [6.45, 7) is 1.58. The molecule has 2 aliphatic heterocycles. The highest BCUT2D eigenvalue weighted by atomic mass is 32.2. The van der Waals surface area contributed by atoms with Gasteiger partial charge < -0.3 is 16.0 Å². The first-order valence-corrected chi connectivity index (χ1v) is 9.74. The minimum absolute atomic E-state index is 0.0828. The molecule has 0 saturated carbocycles. The number of hydrogen-bond donors (Lipinski definition) is 2. The summed E-state index contributed by atoms with van der Waals surface area (Å²) < 4.78 is 26.3. The van der Waals surface area contributed by atoms with Gasteiger partial charge in [0.1, 0.15) is 0 Å². The second-order valence-corrected chi connectivity index (χ2v) is 8.28. The molecular formula is C16H22N4O4S. The molecule has 0 aromatic heterocycles. The summed E-state index contributed by atoms with van der Waals surface area (Å²) in [4.78, 5) is 25.7. The Labute approximate surface area is 147 Å². The summed E-state index contributed by atoms with van der Waals surface area (Å²) in [6, 6.07) is 6.02. The Morgan fingerprint density at radius 1 is 1.12 bits per heavy atom. The zero-order chi connectivity index (χ0) is 18.0. The topological polar surface area (TPSA) is 113 Å². The standard InChI is InChI=1S/C16H22N4O4S/c17-13-5-8-19(9-6-13)16(22)12-1-3-14(4-2-12)25(23,24)20-10-7-18-15(21)11-20/h1-4,13H,5-11,17H2,(H,18,21). The largest absolute Gasteiger partial charge is 0.354 e. The summed E-state index contributed by atoms with van der Waals surface area (Å²) in [6.07, 6.45) is 1.55. The van der Waals surface area contributed by atoms with Crippen molar-refractivity contribution in [3.63, 3.8) is 0 Å². The molecule has 8 nitrogen and oxygen atoms in total. The van der Waals surface area contributed by atoms with Crippen LogP contribution < -0.4 is 11.1 Å². The van der Waals surface area contributed by atoms with Crippen LogP contribution >= 0.6 is 0 Å². The highest BCUT2D eigenvalue weighted by molar-refractivity contribution is 7.89. The maximum atomic E-state index is 12.6. The second kappa shape index (κ2) is 7.11. The predicted molar refractivity (Wildman–Crippen MR) is 91.3 cm³/mol. The van der Waals surface area contributed by atoms with Crippen LogP contribution in [0.3, 0.4) is 0 Å². The fraction of sp³-hybridized carbons (Fsp3) is 0.500. The van der Waals surface area contributed by atoms with E-state index in [2.05, 4.69) is 5.32 Å². The Balaban J connectivity index is 1.73. The molecule has 0 unspecified atom stereocenters. The first-order valence-electron chi connectivity index (χ1n) is 8.30. The van der Waals surface area contributed by atoms with E-state index in [0.717, 1.165) is 17.1 Å². The van der Waals surface area contributed by atoms with Crippen LogP contribution in [0.25, 0.3) is 0 Å². The molecule has 25 heavy (non-hydrogen) atoms. The molecule has 3 rings (SSSR count). The molecule has 0 atom stereocenters. The highest BCUT2D eigenvalue weighted by Gasteiger charge is 2.29. The van der Waals surface area contributed by atoms with Crippen molar-refractivity contribution < 1.29 is 18.0 Å². The Morgan fingerprint density at radius 2 is 1.76 bits per heavy atom. The average Bonchev–Trinajstić information content (AvgIpc) is 2.62. The SMILES string of the molecule is NC1CCN(C(=O)c2ccc(S(=O)(=O)N3CCNC(=O)C3)cc2)CC1. The lowest BCUT2D eigenvalue weighted by atomic mass is 10.1. The number of benzene rings is 1. The number of sulfonamides is 1. The van der Waals surface area contributed by atoms with Gasteiger partial charge in [-0.1, -0.05) is 0 Å². The minimum Gasteiger partial charge on any atom is -0.354 e. The molecular weight excluding hydrogens is 344 g/mol. The van der Waals surface area contributed by atoms with Crippen LogP contribution in [0.1, 0.15) is 23.2 Å². The van der Waals surface area contributed by atoms with E-state index in [-0.39, 0.29) is 35.8 Å². The van der Waals surface area contributed by atoms with Gasteiger partial charge in [-0.05, 0) is 37.1 Å². The molecule has 0 bridgehead atoms. The number of carbonyl (C=O) groups excluding carboxylic acids is 2. The van der Waals surface area contributed by atoms with E-state index in [9.17, 15) is 18.0 Å². The molecule has 2 aliphatic rings. The number of nitrogens with two attached hydrogens (primary N) is 1. The zero-order valence-corrected chi connectivity index (χ0v) is 14.7. The fourth-order valence-corrected chi connectivity index (χ4v) is 4.42. The van der Waals surface area contributed by atoms with E-state index in [4.69, 9.17) is 5.73 Å². The molecule has 9 heteroatoms. The molecule has 3 N–H and O–H groups in total. The smallest absolute Gasteiger partial charge is 0.253 e. The molecule has 136 valence electrons. The third-order valence-electron chi connectivity index (χ3n) is 4.57. The van der Waals surface area contributed by atoms with Gasteiger partial charge in [0.05, 0.1) is 11.4 Å². The molecule has 0 spiro atoms. The Kier molecular flexibility index (Phi) is 5.07. The summed E-state index contributed by atoms with van der Waals surface area (Å²) in [7, 11) is -3.74. The van der Waals surface area contributed by atoms with Gasteiger partial charge in [0.2, 0.25) is 15.9 Å². The van der Waals surface area contributed by atoms with Crippen molar-refractivity contribution in [3.8, 4) is 0 Å². The van der Waals surface area contributed by atoms with Crippen LogP contribution in [0.2, 0.25) is 0 Å². The van der Waals surface area contributed by atoms with Crippen LogP contribution in [0.4, 0.5) is 0 Å². The second-order valence-electron chi connectivity index (χ2n) is 6.34. The number of carbonyl (C=O) groups is 2. The summed E-state index contributed by atoms with van der Waals surface area (Å²) in [5, 5.41) is 2.59. The quantitative estimate of drug-likeness (QED) is 0.740. The van der Waals surface area contributed by atoms with E-state index in [0.29, 0.717) is 25.2 Å². The Hall–Kier alpha value is -1.97. The Bertz CT molecular complexity index is 755. The van der Waals surface area contributed by atoms with Crippen LogP contribution in [0, 0.1) is 0 Å². The van der Waals surface area contributed by atoms with Gasteiger partial charge in [0.25, 0.3) is 5.91 Å². The number of piperazine rings is 1. The molecule has 2 fully saturated rings. The lowest BCUT2D eigenvalue weighted by Gasteiger charge is -2.30. The third-order valence-corrected chi connectivity index (χ3v) is 6.43. The summed E-state index contributed by atoms with van der Waals surface area (Å²) >= 11 is 0. The van der Waals surface area contributed by atoms with Crippen LogP contribution in [-0.4, -0.2) is 68.2 Å². The number of likely N-dealkylation sites (tertiary alicyclic amines) is 1. The first-order chi connectivity index (χ1) is 11.9. The predicted octanol–water partition coefficient (Wildman–Crippen LogP) is -0.630. The van der Waals surface area contributed by atoms with Crippen LogP contribution in [-0.2, 0) is 14.8 Å². The molecule has 2 heterocycles. The van der Waals surface area contributed by atoms with Gasteiger partial charge in [-0.2, -0.15) is 4.31 Å². The van der Waals surface area contributed by atoms with Crippen molar-refractivity contribution in [2.45, 2.75) is 23.8 Å². The normalized spacial score (nSPS) is 20.4. The lowest BCUT2D eigenvalue weighted by Crippen LogP contribution is -2.49. The van der Waals surface area contributed by atoms with Gasteiger partial charge in [0.15, 0.2) is 0 Å². The maximum Gasteiger partial charge on any atom is 0.253 e. The van der Waals surface area contributed by atoms with Crippen LogP contribution in [0.15, 0.2) is 29.2 Å². The van der Waals surface area contributed by atoms with Gasteiger partial charge in [-0.15, -0.1) is 0 Å². The highest BCUT2D eigenvalue weighted by Crippen LogP contribution is 2.19. The molecule has 1 aromatic rings. The molecule has 0 aliphatic carbocycles. The van der Waals surface area contributed by atoms with E-state index >= 15 is 0 Å². The van der Waals surface area contributed by atoms with E-state index in [1.165, 1.54) is 24.3 Å². The minimum atomic E-state index is -3.74. The van der Waals surface area contributed by atoms with Crippen molar-refractivity contribution in [1.29, 1.82) is 0 Å². The molecule has 2 amide bonds. The first kappa shape index (κ1) is 17.8. The molecule has 2 saturated heterocycles. The average molecular weight is 366 g/mol. The zero-order valence-electron chi connectivity index (χ0n) is 13.8. The van der Waals surface area contributed by atoms with Gasteiger partial charge >= 0.3 is 0 Å². The number of amides is 2. The van der Waals surface area contributed by atoms with E-state index in [1.54, 1.807) is 4.90 Å². The number of hydrogen-bond acceptors (Lipinski definition) is 5. The third kappa shape index (κ3) is 3.83. The van der Waals surface area contributed by atoms with Crippen molar-refractivity contribution >= 4 is 21.8 Å². The van der Waals surface area contributed by atoms with Gasteiger partial charge in [-0.3, -0.25) is 9.59 Å². The van der Waals surface area contributed by atoms with Crippen molar-refractivity contribution in [3.05, 3.63) is 29.8 Å². The molecule has 1 aromatic carbocycles. The van der Waals surface area contributed by atoms with Gasteiger partial charge in [-0.25, -0.2) is 8.42 Å². The van der Waals surface area contributed by atoms with Crippen molar-refractivity contribution in [2.75, 3.05) is 32.7 Å². The van der Waals surface area contributed by atoms with Crippen molar-refractivity contribution in [1.82, 2.24) is 14.5 Å². The lowest BCUT2D eigenvalue weighted by molar-refractivity contribution is -0.122. The number of piperidine rings is 1. The van der Waals surface area contributed by atoms with Gasteiger partial charge in [0, 0.05) is 37.8 Å². The van der Waals surface area contributed by atoms with E-state index in [1.807, 2.05) is 0 Å². The summed E-state index contributed by atoms with van der Waals surface area (Å²) in [5.41, 5.74) is 6.30. The van der Waals surface area contributed by atoms with E-state index < -0.39 is 10.0 Å². The number of nitrogens with one attached hydrogen (secondary N) is 1. The Morgan fingerprint density at radius 3 is 2.36 bits per heavy atom. The van der Waals surface area contributed by atoms with Crippen LogP contribution in [0.5, 0.6) is 0 Å².